The molecule has 0 radical (unpaired) electrons. The lowest BCUT2D eigenvalue weighted by Crippen LogP contribution is -2.62. The molecule has 0 aliphatic heterocycles. The van der Waals surface area contributed by atoms with E-state index in [0.717, 1.165) is 51.4 Å². The molecule has 0 saturated heterocycles. The fraction of sp³-hybridized carbons (Fsp3) is 0.960. The van der Waals surface area contributed by atoms with Crippen molar-refractivity contribution in [1.82, 2.24) is 0 Å². The summed E-state index contributed by atoms with van der Waals surface area (Å²) in [5.41, 5.74) is -0.0882. The van der Waals surface area contributed by atoms with Crippen molar-refractivity contribution in [2.24, 2.45) is 46.3 Å². The first kappa shape index (κ1) is 22.5. The van der Waals surface area contributed by atoms with Gasteiger partial charge in [-0.15, -0.1) is 0 Å². The molecule has 4 saturated carbocycles. The SMILES string of the molecule is COC(=O)CC[C@@H](C)[C@H]1CC[C@H]2[C@@H]3C(O)CC4CC(O)CC[C@]4(C)[C@H]3CC(O)[C@]12C. The van der Waals surface area contributed by atoms with Crippen molar-refractivity contribution in [2.75, 3.05) is 7.11 Å². The number of fused-ring (bicyclic) bond motifs is 5. The Balaban J connectivity index is 1.58. The van der Waals surface area contributed by atoms with Gasteiger partial charge in [0.1, 0.15) is 0 Å². The van der Waals surface area contributed by atoms with E-state index in [2.05, 4.69) is 20.8 Å². The molecule has 4 aliphatic carbocycles. The Hall–Kier alpha value is -0.650. The molecule has 4 fully saturated rings. The molecule has 0 aromatic carbocycles. The van der Waals surface area contributed by atoms with E-state index in [9.17, 15) is 20.1 Å². The molecule has 11 atom stereocenters. The van der Waals surface area contributed by atoms with Gasteiger partial charge in [-0.25, -0.2) is 0 Å². The predicted octanol–water partition coefficient (Wildman–Crippen LogP) is 3.54. The summed E-state index contributed by atoms with van der Waals surface area (Å²) in [7, 11) is 1.44. The zero-order chi connectivity index (χ0) is 21.8. The third kappa shape index (κ3) is 3.34. The quantitative estimate of drug-likeness (QED) is 0.603. The van der Waals surface area contributed by atoms with E-state index in [0.29, 0.717) is 36.0 Å². The zero-order valence-corrected chi connectivity index (χ0v) is 19.2. The van der Waals surface area contributed by atoms with Crippen molar-refractivity contribution in [3.63, 3.8) is 0 Å². The van der Waals surface area contributed by atoms with Crippen molar-refractivity contribution in [2.45, 2.75) is 96.9 Å². The highest BCUT2D eigenvalue weighted by Gasteiger charge is 2.65. The molecule has 0 aromatic rings. The molecule has 4 unspecified atom stereocenters. The molecule has 172 valence electrons. The van der Waals surface area contributed by atoms with Gasteiger partial charge in [-0.1, -0.05) is 20.8 Å². The smallest absolute Gasteiger partial charge is 0.305 e. The lowest BCUT2D eigenvalue weighted by molar-refractivity contribution is -0.207. The number of esters is 1. The first-order valence-electron chi connectivity index (χ1n) is 12.2. The summed E-state index contributed by atoms with van der Waals surface area (Å²) in [5, 5.41) is 33.1. The zero-order valence-electron chi connectivity index (χ0n) is 19.2. The third-order valence-electron chi connectivity index (χ3n) is 10.6. The first-order chi connectivity index (χ1) is 14.1. The Morgan fingerprint density at radius 1 is 1.07 bits per heavy atom. The first-order valence-corrected chi connectivity index (χ1v) is 12.2. The van der Waals surface area contributed by atoms with E-state index in [1.807, 2.05) is 0 Å². The van der Waals surface area contributed by atoms with Crippen LogP contribution >= 0.6 is 0 Å². The highest BCUT2D eigenvalue weighted by Crippen LogP contribution is 2.68. The van der Waals surface area contributed by atoms with Gasteiger partial charge < -0.3 is 20.1 Å². The van der Waals surface area contributed by atoms with Crippen molar-refractivity contribution < 1.29 is 24.9 Å². The maximum absolute atomic E-state index is 11.7. The predicted molar refractivity (Wildman–Crippen MR) is 114 cm³/mol. The molecular formula is C25H42O5. The van der Waals surface area contributed by atoms with Crippen LogP contribution in [-0.4, -0.2) is 46.7 Å². The van der Waals surface area contributed by atoms with Gasteiger partial charge in [0.15, 0.2) is 0 Å². The van der Waals surface area contributed by atoms with Crippen LogP contribution in [0.1, 0.15) is 78.6 Å². The minimum Gasteiger partial charge on any atom is -0.469 e. The molecule has 5 heteroatoms. The minimum absolute atomic E-state index is 0.111. The molecule has 4 aliphatic rings. The Morgan fingerprint density at radius 2 is 1.80 bits per heavy atom. The second-order valence-electron chi connectivity index (χ2n) is 11.6. The minimum atomic E-state index is -0.369. The second kappa shape index (κ2) is 8.04. The number of carbonyl (C=O) groups is 1. The van der Waals surface area contributed by atoms with Crippen LogP contribution in [-0.2, 0) is 9.53 Å². The van der Waals surface area contributed by atoms with Crippen LogP contribution in [0.15, 0.2) is 0 Å². The topological polar surface area (TPSA) is 87.0 Å². The number of aliphatic hydroxyl groups is 3. The van der Waals surface area contributed by atoms with Gasteiger partial charge in [-0.2, -0.15) is 0 Å². The Labute approximate surface area is 181 Å². The highest BCUT2D eigenvalue weighted by molar-refractivity contribution is 5.69. The average Bonchev–Trinajstić information content (AvgIpc) is 3.06. The molecule has 0 heterocycles. The molecule has 5 nitrogen and oxygen atoms in total. The highest BCUT2D eigenvalue weighted by atomic mass is 16.5. The maximum Gasteiger partial charge on any atom is 0.305 e. The number of hydrogen-bond donors (Lipinski definition) is 3. The van der Waals surface area contributed by atoms with Gasteiger partial charge in [-0.3, -0.25) is 4.79 Å². The monoisotopic (exact) mass is 422 g/mol. The molecule has 0 aromatic heterocycles. The van der Waals surface area contributed by atoms with Gasteiger partial charge in [0.05, 0.1) is 25.4 Å². The van der Waals surface area contributed by atoms with Crippen molar-refractivity contribution in [3.8, 4) is 0 Å². The van der Waals surface area contributed by atoms with Gasteiger partial charge in [0.25, 0.3) is 0 Å². The molecule has 0 spiro atoms. The summed E-state index contributed by atoms with van der Waals surface area (Å²) in [6.45, 7) is 6.85. The van der Waals surface area contributed by atoms with Gasteiger partial charge >= 0.3 is 5.97 Å². The fourth-order valence-electron chi connectivity index (χ4n) is 8.78. The summed E-state index contributed by atoms with van der Waals surface area (Å²) in [6.07, 6.45) is 6.60. The number of rotatable bonds is 4. The Morgan fingerprint density at radius 3 is 2.50 bits per heavy atom. The summed E-state index contributed by atoms with van der Waals surface area (Å²) in [5.74, 6) is 1.81. The van der Waals surface area contributed by atoms with E-state index in [1.54, 1.807) is 0 Å². The largest absolute Gasteiger partial charge is 0.469 e. The van der Waals surface area contributed by atoms with Crippen LogP contribution in [0.3, 0.4) is 0 Å². The molecule has 0 bridgehead atoms. The van der Waals surface area contributed by atoms with Crippen LogP contribution in [0.2, 0.25) is 0 Å². The lowest BCUT2D eigenvalue weighted by Gasteiger charge is -2.63. The van der Waals surface area contributed by atoms with Gasteiger partial charge in [0.2, 0.25) is 0 Å². The van der Waals surface area contributed by atoms with Crippen LogP contribution in [0.5, 0.6) is 0 Å². The number of methoxy groups -OCH3 is 1. The second-order valence-corrected chi connectivity index (χ2v) is 11.6. The van der Waals surface area contributed by atoms with Crippen molar-refractivity contribution in [1.29, 1.82) is 0 Å². The van der Waals surface area contributed by atoms with E-state index >= 15 is 0 Å². The van der Waals surface area contributed by atoms with Crippen molar-refractivity contribution in [3.05, 3.63) is 0 Å². The third-order valence-corrected chi connectivity index (χ3v) is 10.6. The number of carbonyl (C=O) groups excluding carboxylic acids is 1. The molecule has 3 N–H and O–H groups in total. The van der Waals surface area contributed by atoms with E-state index in [-0.39, 0.29) is 41.0 Å². The normalized spacial score (nSPS) is 51.4. The molecular weight excluding hydrogens is 380 g/mol. The Bertz CT molecular complexity index is 651. The number of ether oxygens (including phenoxy) is 1. The van der Waals surface area contributed by atoms with E-state index in [1.165, 1.54) is 7.11 Å². The van der Waals surface area contributed by atoms with E-state index in [4.69, 9.17) is 4.74 Å². The van der Waals surface area contributed by atoms with Crippen LogP contribution in [0.4, 0.5) is 0 Å². The van der Waals surface area contributed by atoms with Crippen molar-refractivity contribution >= 4 is 5.97 Å². The number of hydrogen-bond acceptors (Lipinski definition) is 5. The van der Waals surface area contributed by atoms with Crippen LogP contribution < -0.4 is 0 Å². The standard InChI is InChI=1S/C25H42O5/c1-14(5-8-22(29)30-4)17-6-7-18-23-19(13-21(28)25(17,18)3)24(2)10-9-16(26)11-15(24)12-20(23)27/h14-21,23,26-28H,5-13H2,1-4H3/t14-,15?,16?,17-,18+,19+,20?,21?,23+,24+,25-/m1/s1. The summed E-state index contributed by atoms with van der Waals surface area (Å²) >= 11 is 0. The number of aliphatic hydroxyl groups excluding tert-OH is 3. The molecule has 30 heavy (non-hydrogen) atoms. The molecule has 0 amide bonds. The van der Waals surface area contributed by atoms with Gasteiger partial charge in [-0.05, 0) is 97.7 Å². The maximum atomic E-state index is 11.7. The summed E-state index contributed by atoms with van der Waals surface area (Å²) in [6, 6.07) is 0. The molecule has 4 rings (SSSR count). The van der Waals surface area contributed by atoms with E-state index < -0.39 is 0 Å². The Kier molecular flexibility index (Phi) is 6.04. The fourth-order valence-corrected chi connectivity index (χ4v) is 8.78. The summed E-state index contributed by atoms with van der Waals surface area (Å²) in [4.78, 5) is 11.7. The average molecular weight is 423 g/mol. The summed E-state index contributed by atoms with van der Waals surface area (Å²) < 4.78 is 4.83. The van der Waals surface area contributed by atoms with Gasteiger partial charge in [0, 0.05) is 6.42 Å². The lowest BCUT2D eigenvalue weighted by atomic mass is 9.43. The van der Waals surface area contributed by atoms with Crippen LogP contribution in [0, 0.1) is 46.3 Å². The van der Waals surface area contributed by atoms with Crippen LogP contribution in [0.25, 0.3) is 0 Å².